The van der Waals surface area contributed by atoms with E-state index in [1.165, 1.54) is 11.3 Å². The summed E-state index contributed by atoms with van der Waals surface area (Å²) >= 11 is 1.37. The third kappa shape index (κ3) is 3.39. The molecule has 0 saturated carbocycles. The van der Waals surface area contributed by atoms with Crippen LogP contribution in [-0.2, 0) is 10.8 Å². The van der Waals surface area contributed by atoms with Gasteiger partial charge in [0.1, 0.15) is 10.6 Å². The number of thiophene rings is 1. The number of rotatable bonds is 5. The van der Waals surface area contributed by atoms with Crippen LogP contribution in [0.2, 0.25) is 0 Å². The van der Waals surface area contributed by atoms with Gasteiger partial charge in [-0.25, -0.2) is 0 Å². The van der Waals surface area contributed by atoms with Crippen LogP contribution in [0.5, 0.6) is 5.75 Å². The summed E-state index contributed by atoms with van der Waals surface area (Å²) in [4.78, 5) is 15.7. The zero-order valence-electron chi connectivity index (χ0n) is 13.0. The molecule has 0 bridgehead atoms. The first-order chi connectivity index (χ1) is 10.5. The Morgan fingerprint density at radius 1 is 1.27 bits per heavy atom. The molecule has 1 aromatic carbocycles. The molecule has 0 fully saturated rings. The number of hydrogen-bond donors (Lipinski definition) is 0. The molecule has 0 aliphatic carbocycles. The summed E-state index contributed by atoms with van der Waals surface area (Å²) in [7, 11) is 2.34. The van der Waals surface area contributed by atoms with Crippen molar-refractivity contribution < 1.29 is 13.7 Å². The number of benzene rings is 1. The predicted octanol–water partition coefficient (Wildman–Crippen LogP) is 3.33. The van der Waals surface area contributed by atoms with Crippen molar-refractivity contribution in [2.45, 2.75) is 17.9 Å². The molecule has 22 heavy (non-hydrogen) atoms. The van der Waals surface area contributed by atoms with Crippen molar-refractivity contribution in [2.75, 3.05) is 20.4 Å². The molecule has 0 spiro atoms. The molecule has 0 aliphatic rings. The molecule has 2 aromatic rings. The van der Waals surface area contributed by atoms with E-state index in [0.29, 0.717) is 10.6 Å². The van der Waals surface area contributed by atoms with Crippen LogP contribution < -0.4 is 4.74 Å². The van der Waals surface area contributed by atoms with Crippen LogP contribution >= 0.6 is 11.3 Å². The van der Waals surface area contributed by atoms with Gasteiger partial charge in [-0.2, -0.15) is 0 Å². The minimum Gasteiger partial charge on any atom is -0.495 e. The smallest absolute Gasteiger partial charge is 0.267 e. The van der Waals surface area contributed by atoms with E-state index in [1.54, 1.807) is 31.4 Å². The van der Waals surface area contributed by atoms with Gasteiger partial charge in [-0.15, -0.1) is 11.3 Å². The van der Waals surface area contributed by atoms with E-state index >= 15 is 0 Å². The highest BCUT2D eigenvalue weighted by molar-refractivity contribution is 7.84. The first-order valence-electron chi connectivity index (χ1n) is 6.77. The van der Waals surface area contributed by atoms with Crippen molar-refractivity contribution in [3.63, 3.8) is 0 Å². The molecule has 1 aromatic heterocycles. The quantitative estimate of drug-likeness (QED) is 0.841. The van der Waals surface area contributed by atoms with Gasteiger partial charge in [0.15, 0.2) is 0 Å². The minimum absolute atomic E-state index is 0.0671. The fourth-order valence-corrected chi connectivity index (χ4v) is 3.47. The van der Waals surface area contributed by atoms with Gasteiger partial charge in [0.05, 0.1) is 13.2 Å². The number of carbonyl (C=O) groups excluding carboxylic acids is 1. The molecule has 2 rings (SSSR count). The number of nitrogens with zero attached hydrogens (tertiary/aromatic N) is 1. The van der Waals surface area contributed by atoms with Crippen LogP contribution in [0.25, 0.3) is 0 Å². The van der Waals surface area contributed by atoms with E-state index in [-0.39, 0.29) is 11.9 Å². The SMILES string of the molecule is COc1ccsc1C(=O)N(C)[C@@H](C)c1ccc([S@@](C)=O)cc1. The number of methoxy groups -OCH3 is 1. The first kappa shape index (κ1) is 16.7. The topological polar surface area (TPSA) is 46.6 Å². The molecule has 1 amide bonds. The van der Waals surface area contributed by atoms with E-state index in [4.69, 9.17) is 4.74 Å². The molecule has 0 saturated heterocycles. The Hall–Kier alpha value is -1.66. The number of hydrogen-bond acceptors (Lipinski definition) is 4. The lowest BCUT2D eigenvalue weighted by atomic mass is 10.1. The lowest BCUT2D eigenvalue weighted by Gasteiger charge is -2.25. The summed E-state index contributed by atoms with van der Waals surface area (Å²) < 4.78 is 16.6. The lowest BCUT2D eigenvalue weighted by molar-refractivity contribution is 0.0744. The molecule has 0 aliphatic heterocycles. The van der Waals surface area contributed by atoms with Gasteiger partial charge < -0.3 is 9.64 Å². The van der Waals surface area contributed by atoms with Crippen LogP contribution in [-0.4, -0.2) is 35.4 Å². The molecule has 1 heterocycles. The fourth-order valence-electron chi connectivity index (χ4n) is 2.11. The summed E-state index contributed by atoms with van der Waals surface area (Å²) in [6.45, 7) is 1.97. The van der Waals surface area contributed by atoms with Crippen molar-refractivity contribution in [1.82, 2.24) is 4.90 Å². The monoisotopic (exact) mass is 337 g/mol. The van der Waals surface area contributed by atoms with Crippen molar-refractivity contribution in [3.05, 3.63) is 46.2 Å². The molecule has 0 radical (unpaired) electrons. The average Bonchev–Trinajstić information content (AvgIpc) is 3.01. The number of carbonyl (C=O) groups is 1. The van der Waals surface area contributed by atoms with Gasteiger partial charge in [-0.05, 0) is 36.1 Å². The Labute approximate surface area is 137 Å². The highest BCUT2D eigenvalue weighted by Crippen LogP contribution is 2.29. The van der Waals surface area contributed by atoms with E-state index < -0.39 is 10.8 Å². The van der Waals surface area contributed by atoms with Gasteiger partial charge >= 0.3 is 0 Å². The second-order valence-electron chi connectivity index (χ2n) is 4.93. The van der Waals surface area contributed by atoms with Crippen molar-refractivity contribution >= 4 is 28.0 Å². The van der Waals surface area contributed by atoms with E-state index in [9.17, 15) is 9.00 Å². The molecular weight excluding hydrogens is 318 g/mol. The van der Waals surface area contributed by atoms with Crippen LogP contribution in [0, 0.1) is 0 Å². The zero-order valence-corrected chi connectivity index (χ0v) is 14.7. The van der Waals surface area contributed by atoms with Gasteiger partial charge in [0.2, 0.25) is 0 Å². The summed E-state index contributed by atoms with van der Waals surface area (Å²) in [5, 5.41) is 1.84. The lowest BCUT2D eigenvalue weighted by Crippen LogP contribution is -2.29. The Morgan fingerprint density at radius 2 is 1.91 bits per heavy atom. The molecule has 118 valence electrons. The van der Waals surface area contributed by atoms with Crippen molar-refractivity contribution in [1.29, 1.82) is 0 Å². The van der Waals surface area contributed by atoms with Crippen molar-refractivity contribution in [3.8, 4) is 5.75 Å². The summed E-state index contributed by atoms with van der Waals surface area (Å²) in [5.41, 5.74) is 1.00. The second kappa shape index (κ2) is 7.07. The van der Waals surface area contributed by atoms with Crippen molar-refractivity contribution in [2.24, 2.45) is 0 Å². The van der Waals surface area contributed by atoms with E-state index in [0.717, 1.165) is 10.5 Å². The molecular formula is C16H19NO3S2. The van der Waals surface area contributed by atoms with E-state index in [2.05, 4.69) is 0 Å². The molecule has 6 heteroatoms. The predicted molar refractivity (Wildman–Crippen MR) is 90.2 cm³/mol. The molecule has 0 N–H and O–H groups in total. The highest BCUT2D eigenvalue weighted by Gasteiger charge is 2.23. The maximum absolute atomic E-state index is 12.6. The third-order valence-corrected chi connectivity index (χ3v) is 5.46. The number of amides is 1. The Balaban J connectivity index is 2.19. The van der Waals surface area contributed by atoms with Gasteiger partial charge in [0, 0.05) is 29.0 Å². The maximum Gasteiger partial charge on any atom is 0.267 e. The highest BCUT2D eigenvalue weighted by atomic mass is 32.2. The third-order valence-electron chi connectivity index (χ3n) is 3.64. The summed E-state index contributed by atoms with van der Waals surface area (Å²) in [5.74, 6) is 0.535. The summed E-state index contributed by atoms with van der Waals surface area (Å²) in [6, 6.07) is 9.21. The van der Waals surface area contributed by atoms with Gasteiger partial charge in [-0.3, -0.25) is 9.00 Å². The standard InChI is InChI=1S/C16H19NO3S2/c1-11(12-5-7-13(8-6-12)22(4)19)17(2)16(18)15-14(20-3)9-10-21-15/h5-11H,1-4H3/t11-,22+/m0/s1. The van der Waals surface area contributed by atoms with Gasteiger partial charge in [0.25, 0.3) is 5.91 Å². The molecule has 0 unspecified atom stereocenters. The summed E-state index contributed by atoms with van der Waals surface area (Å²) in [6.07, 6.45) is 1.65. The van der Waals surface area contributed by atoms with E-state index in [1.807, 2.05) is 36.6 Å². The number of ether oxygens (including phenoxy) is 1. The Bertz CT molecular complexity index is 679. The van der Waals surface area contributed by atoms with Crippen LogP contribution in [0.15, 0.2) is 40.6 Å². The largest absolute Gasteiger partial charge is 0.495 e. The van der Waals surface area contributed by atoms with Crippen LogP contribution in [0.3, 0.4) is 0 Å². The zero-order chi connectivity index (χ0) is 16.3. The normalized spacial score (nSPS) is 13.5. The molecule has 2 atom stereocenters. The average molecular weight is 337 g/mol. The minimum atomic E-state index is -0.994. The Morgan fingerprint density at radius 3 is 2.45 bits per heavy atom. The fraction of sp³-hybridized carbons (Fsp3) is 0.312. The first-order valence-corrected chi connectivity index (χ1v) is 9.21. The Kier molecular flexibility index (Phi) is 5.37. The van der Waals surface area contributed by atoms with Gasteiger partial charge in [-0.1, -0.05) is 12.1 Å². The molecule has 4 nitrogen and oxygen atoms in total. The maximum atomic E-state index is 12.6. The second-order valence-corrected chi connectivity index (χ2v) is 7.23. The van der Waals surface area contributed by atoms with Crippen LogP contribution in [0.1, 0.15) is 28.2 Å². The van der Waals surface area contributed by atoms with Crippen LogP contribution in [0.4, 0.5) is 0 Å².